The fraction of sp³-hybridized carbons (Fsp3) is 0.368. The van der Waals surface area contributed by atoms with E-state index in [1.54, 1.807) is 7.05 Å². The first-order valence-electron chi connectivity index (χ1n) is 8.90. The number of guanidine groups is 1. The standard InChI is InChI=1S/C19H22F3N5S.HI/c1-23-18(24-8-7-17-26-16(13-28-17)19(20,21)22)25-12-14-5-4-6-15(11-14)27-9-2-3-10-27;/h2-6,11,13H,7-10,12H2,1H3,(H2,23,24,25);1H. The van der Waals surface area contributed by atoms with Crippen molar-refractivity contribution in [3.05, 3.63) is 58.1 Å². The Kier molecular flexibility index (Phi) is 8.75. The summed E-state index contributed by atoms with van der Waals surface area (Å²) in [6, 6.07) is 8.30. The minimum absolute atomic E-state index is 0. The molecule has 0 saturated heterocycles. The molecule has 10 heteroatoms. The van der Waals surface area contributed by atoms with Crippen molar-refractivity contribution in [2.45, 2.75) is 19.1 Å². The summed E-state index contributed by atoms with van der Waals surface area (Å²) in [5.74, 6) is 0.598. The van der Waals surface area contributed by atoms with Gasteiger partial charge in [0, 0.05) is 50.7 Å². The normalized spacial score (nSPS) is 14.1. The van der Waals surface area contributed by atoms with Crippen molar-refractivity contribution in [1.82, 2.24) is 15.6 Å². The van der Waals surface area contributed by atoms with Crippen LogP contribution in [0.4, 0.5) is 18.9 Å². The van der Waals surface area contributed by atoms with Gasteiger partial charge >= 0.3 is 6.18 Å². The summed E-state index contributed by atoms with van der Waals surface area (Å²) in [5.41, 5.74) is 1.47. The van der Waals surface area contributed by atoms with E-state index < -0.39 is 11.9 Å². The Bertz CT molecular complexity index is 842. The summed E-state index contributed by atoms with van der Waals surface area (Å²) in [7, 11) is 1.66. The third-order valence-corrected chi connectivity index (χ3v) is 5.16. The number of anilines is 1. The van der Waals surface area contributed by atoms with E-state index >= 15 is 0 Å². The predicted octanol–water partition coefficient (Wildman–Crippen LogP) is 4.06. The lowest BCUT2D eigenvalue weighted by Gasteiger charge is -2.19. The average Bonchev–Trinajstić information content (AvgIpc) is 3.36. The van der Waals surface area contributed by atoms with E-state index in [2.05, 4.69) is 49.8 Å². The lowest BCUT2D eigenvalue weighted by atomic mass is 10.2. The van der Waals surface area contributed by atoms with Gasteiger partial charge in [-0.2, -0.15) is 13.2 Å². The quantitative estimate of drug-likeness (QED) is 0.253. The number of rotatable bonds is 6. The molecule has 3 rings (SSSR count). The van der Waals surface area contributed by atoms with Crippen LogP contribution in [0.25, 0.3) is 0 Å². The zero-order chi connectivity index (χ0) is 20.0. The summed E-state index contributed by atoms with van der Waals surface area (Å²) in [4.78, 5) is 10.1. The zero-order valence-corrected chi connectivity index (χ0v) is 19.0. The molecular formula is C19H23F3IN5S. The summed E-state index contributed by atoms with van der Waals surface area (Å²) >= 11 is 1.02. The molecule has 1 aromatic heterocycles. The summed E-state index contributed by atoms with van der Waals surface area (Å²) in [6.45, 7) is 2.90. The van der Waals surface area contributed by atoms with Crippen molar-refractivity contribution in [3.8, 4) is 0 Å². The van der Waals surface area contributed by atoms with Gasteiger partial charge in [-0.3, -0.25) is 4.99 Å². The predicted molar refractivity (Wildman–Crippen MR) is 122 cm³/mol. The van der Waals surface area contributed by atoms with Gasteiger partial charge in [0.05, 0.1) is 5.01 Å². The number of hydrogen-bond donors (Lipinski definition) is 2. The molecule has 0 radical (unpaired) electrons. The molecule has 0 saturated carbocycles. The summed E-state index contributed by atoms with van der Waals surface area (Å²) in [6.07, 6.45) is 0.311. The fourth-order valence-electron chi connectivity index (χ4n) is 2.80. The molecule has 0 bridgehead atoms. The third-order valence-electron chi connectivity index (χ3n) is 4.25. The van der Waals surface area contributed by atoms with Crippen LogP contribution in [0.5, 0.6) is 0 Å². The van der Waals surface area contributed by atoms with Crippen LogP contribution in [-0.4, -0.2) is 37.6 Å². The Morgan fingerprint density at radius 1 is 1.24 bits per heavy atom. The van der Waals surface area contributed by atoms with Crippen molar-refractivity contribution in [1.29, 1.82) is 0 Å². The Labute approximate surface area is 189 Å². The molecule has 2 N–H and O–H groups in total. The zero-order valence-electron chi connectivity index (χ0n) is 15.9. The Hall–Kier alpha value is -1.82. The molecule has 1 aliphatic rings. The first kappa shape index (κ1) is 23.5. The van der Waals surface area contributed by atoms with Crippen molar-refractivity contribution in [2.75, 3.05) is 31.6 Å². The van der Waals surface area contributed by atoms with Gasteiger partial charge in [0.2, 0.25) is 0 Å². The molecule has 0 amide bonds. The molecule has 1 aromatic carbocycles. The van der Waals surface area contributed by atoms with Gasteiger partial charge in [-0.1, -0.05) is 24.3 Å². The van der Waals surface area contributed by atoms with E-state index in [9.17, 15) is 13.2 Å². The molecule has 0 fully saturated rings. The van der Waals surface area contributed by atoms with E-state index in [1.165, 1.54) is 5.69 Å². The largest absolute Gasteiger partial charge is 0.434 e. The van der Waals surface area contributed by atoms with Crippen LogP contribution in [-0.2, 0) is 19.1 Å². The number of aliphatic imine (C=N–C) groups is 1. The van der Waals surface area contributed by atoms with Crippen LogP contribution in [0.2, 0.25) is 0 Å². The number of nitrogens with one attached hydrogen (secondary N) is 2. The molecule has 29 heavy (non-hydrogen) atoms. The molecule has 0 aliphatic carbocycles. The van der Waals surface area contributed by atoms with Gasteiger partial charge < -0.3 is 15.5 Å². The van der Waals surface area contributed by atoms with Gasteiger partial charge in [-0.25, -0.2) is 4.98 Å². The first-order chi connectivity index (χ1) is 13.5. The van der Waals surface area contributed by atoms with E-state index in [-0.39, 0.29) is 24.0 Å². The van der Waals surface area contributed by atoms with Crippen molar-refractivity contribution >= 4 is 47.0 Å². The first-order valence-corrected chi connectivity index (χ1v) is 9.78. The molecular weight excluding hydrogens is 514 g/mol. The van der Waals surface area contributed by atoms with Crippen molar-refractivity contribution in [3.63, 3.8) is 0 Å². The molecule has 0 unspecified atom stereocenters. The number of thiazole rings is 1. The summed E-state index contributed by atoms with van der Waals surface area (Å²) in [5, 5.41) is 7.83. The van der Waals surface area contributed by atoms with Gasteiger partial charge in [-0.15, -0.1) is 35.3 Å². The number of aromatic nitrogens is 1. The van der Waals surface area contributed by atoms with Gasteiger partial charge in [0.15, 0.2) is 11.7 Å². The molecule has 0 spiro atoms. The maximum Gasteiger partial charge on any atom is 0.434 e. The number of halogens is 4. The third kappa shape index (κ3) is 6.88. The van der Waals surface area contributed by atoms with Crippen LogP contribution in [0, 0.1) is 0 Å². The monoisotopic (exact) mass is 537 g/mol. The Morgan fingerprint density at radius 3 is 2.66 bits per heavy atom. The van der Waals surface area contributed by atoms with E-state index in [0.29, 0.717) is 30.5 Å². The highest BCUT2D eigenvalue weighted by Gasteiger charge is 2.33. The van der Waals surface area contributed by atoms with Gasteiger partial charge in [0.1, 0.15) is 0 Å². The lowest BCUT2D eigenvalue weighted by molar-refractivity contribution is -0.140. The van der Waals surface area contributed by atoms with Crippen molar-refractivity contribution < 1.29 is 13.2 Å². The fourth-order valence-corrected chi connectivity index (χ4v) is 3.61. The molecule has 5 nitrogen and oxygen atoms in total. The van der Waals surface area contributed by atoms with E-state index in [1.807, 2.05) is 12.1 Å². The van der Waals surface area contributed by atoms with Gasteiger partial charge in [-0.05, 0) is 17.7 Å². The number of benzene rings is 1. The maximum absolute atomic E-state index is 12.6. The second-order valence-electron chi connectivity index (χ2n) is 6.27. The highest BCUT2D eigenvalue weighted by molar-refractivity contribution is 14.0. The lowest BCUT2D eigenvalue weighted by Crippen LogP contribution is -2.37. The van der Waals surface area contributed by atoms with E-state index in [0.717, 1.165) is 35.4 Å². The van der Waals surface area contributed by atoms with Crippen LogP contribution in [0.1, 0.15) is 16.3 Å². The highest BCUT2D eigenvalue weighted by atomic mass is 127. The number of hydrogen-bond acceptors (Lipinski definition) is 4. The van der Waals surface area contributed by atoms with Crippen LogP contribution < -0.4 is 15.5 Å². The SMILES string of the molecule is CN=C(NCCc1nc(C(F)(F)F)cs1)NCc1cccc(N2CC=CC2)c1.I. The second-order valence-corrected chi connectivity index (χ2v) is 7.22. The molecule has 158 valence electrons. The minimum atomic E-state index is -4.39. The average molecular weight is 537 g/mol. The minimum Gasteiger partial charge on any atom is -0.364 e. The smallest absolute Gasteiger partial charge is 0.364 e. The Balaban J connectivity index is 0.00000300. The topological polar surface area (TPSA) is 52.6 Å². The summed E-state index contributed by atoms with van der Waals surface area (Å²) < 4.78 is 37.8. The maximum atomic E-state index is 12.6. The number of nitrogens with zero attached hydrogens (tertiary/aromatic N) is 3. The number of alkyl halides is 3. The van der Waals surface area contributed by atoms with Crippen LogP contribution >= 0.6 is 35.3 Å². The second kappa shape index (κ2) is 10.8. The van der Waals surface area contributed by atoms with Crippen LogP contribution in [0.15, 0.2) is 46.8 Å². The van der Waals surface area contributed by atoms with E-state index in [4.69, 9.17) is 0 Å². The molecule has 2 heterocycles. The van der Waals surface area contributed by atoms with Crippen molar-refractivity contribution in [2.24, 2.45) is 4.99 Å². The van der Waals surface area contributed by atoms with Crippen LogP contribution in [0.3, 0.4) is 0 Å². The molecule has 2 aromatic rings. The van der Waals surface area contributed by atoms with Gasteiger partial charge in [0.25, 0.3) is 0 Å². The highest BCUT2D eigenvalue weighted by Crippen LogP contribution is 2.30. The Morgan fingerprint density at radius 2 is 2.00 bits per heavy atom. The molecule has 1 aliphatic heterocycles. The molecule has 0 atom stereocenters.